The van der Waals surface area contributed by atoms with Crippen molar-refractivity contribution in [2.75, 3.05) is 13.1 Å². The molecule has 0 rings (SSSR count). The third kappa shape index (κ3) is 10.0. The van der Waals surface area contributed by atoms with E-state index in [1.807, 2.05) is 0 Å². The monoisotopic (exact) mass is 200 g/mol. The molecule has 0 aromatic rings. The van der Waals surface area contributed by atoms with Crippen molar-refractivity contribution in [1.82, 2.24) is 10.6 Å². The first-order chi connectivity index (χ1) is 6.52. The molecule has 0 aromatic carbocycles. The van der Waals surface area contributed by atoms with Gasteiger partial charge in [0.1, 0.15) is 0 Å². The molecular weight excluding hydrogens is 172 g/mol. The molecule has 0 bridgehead atoms. The van der Waals surface area contributed by atoms with Gasteiger partial charge in [0.05, 0.1) is 0 Å². The molecular formula is C12H28N2. The van der Waals surface area contributed by atoms with Crippen molar-refractivity contribution in [3.8, 4) is 0 Å². The van der Waals surface area contributed by atoms with Gasteiger partial charge in [-0.3, -0.25) is 0 Å². The molecule has 0 radical (unpaired) electrons. The smallest absolute Gasteiger partial charge is 0.00104 e. The van der Waals surface area contributed by atoms with Gasteiger partial charge in [0.2, 0.25) is 0 Å². The zero-order chi connectivity index (χ0) is 11.0. The van der Waals surface area contributed by atoms with Gasteiger partial charge >= 0.3 is 0 Å². The highest BCUT2D eigenvalue weighted by atomic mass is 14.9. The van der Waals surface area contributed by atoms with Crippen molar-refractivity contribution in [2.24, 2.45) is 5.92 Å². The van der Waals surface area contributed by atoms with E-state index in [0.717, 1.165) is 19.0 Å². The predicted molar refractivity (Wildman–Crippen MR) is 64.7 cm³/mol. The minimum absolute atomic E-state index is 0.617. The van der Waals surface area contributed by atoms with Gasteiger partial charge in [0.25, 0.3) is 0 Å². The Morgan fingerprint density at radius 3 is 1.93 bits per heavy atom. The molecule has 2 heteroatoms. The van der Waals surface area contributed by atoms with Crippen LogP contribution in [0.25, 0.3) is 0 Å². The Morgan fingerprint density at radius 2 is 1.43 bits per heavy atom. The minimum atomic E-state index is 0.617. The largest absolute Gasteiger partial charge is 0.315 e. The first-order valence-corrected chi connectivity index (χ1v) is 5.99. The highest BCUT2D eigenvalue weighted by molar-refractivity contribution is 4.61. The fourth-order valence-corrected chi connectivity index (χ4v) is 1.38. The summed E-state index contributed by atoms with van der Waals surface area (Å²) in [5.74, 6) is 0.798. The Morgan fingerprint density at radius 1 is 0.857 bits per heavy atom. The van der Waals surface area contributed by atoms with Crippen LogP contribution in [0.1, 0.15) is 47.5 Å². The van der Waals surface area contributed by atoms with Crippen LogP contribution in [0.15, 0.2) is 0 Å². The van der Waals surface area contributed by atoms with Crippen LogP contribution in [-0.2, 0) is 0 Å². The second kappa shape index (κ2) is 8.25. The normalized spacial score (nSPS) is 13.9. The average molecular weight is 200 g/mol. The quantitative estimate of drug-likeness (QED) is 0.588. The van der Waals surface area contributed by atoms with E-state index in [0.29, 0.717) is 12.1 Å². The molecule has 0 amide bonds. The van der Waals surface area contributed by atoms with E-state index in [4.69, 9.17) is 0 Å². The fraction of sp³-hybridized carbons (Fsp3) is 1.00. The van der Waals surface area contributed by atoms with Gasteiger partial charge in [0.15, 0.2) is 0 Å². The second-order valence-electron chi connectivity index (χ2n) is 4.92. The molecule has 0 saturated heterocycles. The molecule has 0 fully saturated rings. The number of rotatable bonds is 8. The molecule has 0 aliphatic heterocycles. The lowest BCUT2D eigenvalue weighted by Crippen LogP contribution is -2.29. The molecule has 86 valence electrons. The number of hydrogen-bond donors (Lipinski definition) is 2. The fourth-order valence-electron chi connectivity index (χ4n) is 1.38. The summed E-state index contributed by atoms with van der Waals surface area (Å²) >= 11 is 0. The third-order valence-electron chi connectivity index (χ3n) is 2.30. The Balaban J connectivity index is 3.22. The van der Waals surface area contributed by atoms with Gasteiger partial charge in [-0.05, 0) is 31.8 Å². The lowest BCUT2D eigenvalue weighted by molar-refractivity contribution is 0.431. The topological polar surface area (TPSA) is 24.1 Å². The molecule has 14 heavy (non-hydrogen) atoms. The molecule has 0 heterocycles. The van der Waals surface area contributed by atoms with E-state index in [1.54, 1.807) is 0 Å². The highest BCUT2D eigenvalue weighted by Crippen LogP contribution is 2.03. The van der Waals surface area contributed by atoms with Crippen LogP contribution in [0, 0.1) is 5.92 Å². The van der Waals surface area contributed by atoms with Crippen molar-refractivity contribution in [2.45, 2.75) is 59.5 Å². The average Bonchev–Trinajstić information content (AvgIpc) is 2.08. The van der Waals surface area contributed by atoms with Gasteiger partial charge in [-0.15, -0.1) is 0 Å². The molecule has 1 atom stereocenters. The first kappa shape index (κ1) is 13.9. The summed E-state index contributed by atoms with van der Waals surface area (Å²) in [7, 11) is 0. The Bertz CT molecular complexity index is 121. The van der Waals surface area contributed by atoms with Crippen molar-refractivity contribution in [3.05, 3.63) is 0 Å². The maximum atomic E-state index is 3.47. The van der Waals surface area contributed by atoms with Gasteiger partial charge in [-0.25, -0.2) is 0 Å². The van der Waals surface area contributed by atoms with Gasteiger partial charge < -0.3 is 10.6 Å². The number of hydrogen-bond acceptors (Lipinski definition) is 2. The van der Waals surface area contributed by atoms with Crippen LogP contribution in [0.4, 0.5) is 0 Å². The van der Waals surface area contributed by atoms with Crippen LogP contribution in [0.2, 0.25) is 0 Å². The summed E-state index contributed by atoms with van der Waals surface area (Å²) < 4.78 is 0. The number of nitrogens with one attached hydrogen (secondary N) is 2. The van der Waals surface area contributed by atoms with E-state index >= 15 is 0 Å². The molecule has 0 aromatic heterocycles. The Kier molecular flexibility index (Phi) is 8.20. The Labute approximate surface area is 89.9 Å². The maximum absolute atomic E-state index is 3.47. The third-order valence-corrected chi connectivity index (χ3v) is 2.30. The summed E-state index contributed by atoms with van der Waals surface area (Å²) in [6, 6.07) is 1.24. The van der Waals surface area contributed by atoms with Crippen molar-refractivity contribution < 1.29 is 0 Å². The highest BCUT2D eigenvalue weighted by Gasteiger charge is 2.02. The minimum Gasteiger partial charge on any atom is -0.315 e. The summed E-state index contributed by atoms with van der Waals surface area (Å²) in [6.07, 6.45) is 2.61. The van der Waals surface area contributed by atoms with E-state index < -0.39 is 0 Å². The van der Waals surface area contributed by atoms with Crippen LogP contribution in [0.5, 0.6) is 0 Å². The Hall–Kier alpha value is -0.0800. The molecule has 2 nitrogen and oxygen atoms in total. The van der Waals surface area contributed by atoms with E-state index in [2.05, 4.69) is 45.3 Å². The van der Waals surface area contributed by atoms with Crippen LogP contribution in [-0.4, -0.2) is 25.2 Å². The van der Waals surface area contributed by atoms with Gasteiger partial charge in [0, 0.05) is 12.1 Å². The van der Waals surface area contributed by atoms with Gasteiger partial charge in [-0.1, -0.05) is 34.6 Å². The molecule has 2 N–H and O–H groups in total. The van der Waals surface area contributed by atoms with Crippen molar-refractivity contribution in [3.63, 3.8) is 0 Å². The first-order valence-electron chi connectivity index (χ1n) is 5.99. The molecule has 0 aliphatic rings. The zero-order valence-corrected chi connectivity index (χ0v) is 10.6. The summed E-state index contributed by atoms with van der Waals surface area (Å²) in [6.45, 7) is 13.4. The molecule has 0 spiro atoms. The van der Waals surface area contributed by atoms with Crippen LogP contribution in [0.3, 0.4) is 0 Å². The molecule has 0 saturated carbocycles. The van der Waals surface area contributed by atoms with E-state index in [-0.39, 0.29) is 0 Å². The SMILES string of the molecule is CC(CCCNC(C)C)CNC(C)C. The van der Waals surface area contributed by atoms with E-state index in [1.165, 1.54) is 12.8 Å². The predicted octanol–water partition coefficient (Wildman–Crippen LogP) is 2.40. The lowest BCUT2D eigenvalue weighted by atomic mass is 10.1. The summed E-state index contributed by atoms with van der Waals surface area (Å²) in [5.41, 5.74) is 0. The van der Waals surface area contributed by atoms with Crippen LogP contribution < -0.4 is 10.6 Å². The standard InChI is InChI=1S/C12H28N2/c1-10(2)13-8-6-7-12(5)9-14-11(3)4/h10-14H,6-9H2,1-5H3. The summed E-state index contributed by atoms with van der Waals surface area (Å²) in [4.78, 5) is 0. The van der Waals surface area contributed by atoms with Crippen molar-refractivity contribution in [1.29, 1.82) is 0 Å². The van der Waals surface area contributed by atoms with E-state index in [9.17, 15) is 0 Å². The second-order valence-corrected chi connectivity index (χ2v) is 4.92. The van der Waals surface area contributed by atoms with Crippen LogP contribution >= 0.6 is 0 Å². The summed E-state index contributed by atoms with van der Waals surface area (Å²) in [5, 5.41) is 6.92. The van der Waals surface area contributed by atoms with Crippen molar-refractivity contribution >= 4 is 0 Å². The molecule has 1 unspecified atom stereocenters. The van der Waals surface area contributed by atoms with Gasteiger partial charge in [-0.2, -0.15) is 0 Å². The lowest BCUT2D eigenvalue weighted by Gasteiger charge is -2.15. The molecule has 0 aliphatic carbocycles. The maximum Gasteiger partial charge on any atom is 0.00104 e. The zero-order valence-electron chi connectivity index (χ0n) is 10.6.